The highest BCUT2D eigenvalue weighted by atomic mass is 32.1. The SMILES string of the molecule is COC(=O)/C=C/CC[C@H]1O[C@@H]2OC(C)(C)O[C@@H]2[C@H]1OC(=S)N1C=NCC1. The minimum atomic E-state index is -0.733. The van der Waals surface area contributed by atoms with Gasteiger partial charge >= 0.3 is 5.97 Å². The van der Waals surface area contributed by atoms with Crippen molar-refractivity contribution in [3.8, 4) is 0 Å². The molecule has 0 aromatic heterocycles. The van der Waals surface area contributed by atoms with E-state index in [4.69, 9.17) is 31.2 Å². The van der Waals surface area contributed by atoms with E-state index in [1.54, 1.807) is 17.3 Å². The summed E-state index contributed by atoms with van der Waals surface area (Å²) >= 11 is 5.39. The van der Waals surface area contributed by atoms with Crippen LogP contribution in [-0.2, 0) is 28.5 Å². The molecular weight excluding hydrogens is 360 g/mol. The van der Waals surface area contributed by atoms with Gasteiger partial charge in [-0.2, -0.15) is 0 Å². The van der Waals surface area contributed by atoms with Crippen LogP contribution in [0.4, 0.5) is 0 Å². The second-order valence-electron chi connectivity index (χ2n) is 6.71. The van der Waals surface area contributed by atoms with Gasteiger partial charge in [0.1, 0.15) is 6.10 Å². The molecule has 4 atom stereocenters. The van der Waals surface area contributed by atoms with E-state index in [-0.39, 0.29) is 18.2 Å². The third-order valence-corrected chi connectivity index (χ3v) is 4.65. The van der Waals surface area contributed by atoms with Gasteiger partial charge in [0.05, 0.1) is 20.0 Å². The number of aliphatic imine (C=N–C) groups is 1. The van der Waals surface area contributed by atoms with Gasteiger partial charge in [0, 0.05) is 12.6 Å². The molecule has 0 spiro atoms. The minimum Gasteiger partial charge on any atom is -0.466 e. The summed E-state index contributed by atoms with van der Waals surface area (Å²) in [4.78, 5) is 17.1. The molecule has 2 saturated heterocycles. The van der Waals surface area contributed by atoms with Crippen molar-refractivity contribution in [2.45, 2.75) is 57.1 Å². The molecule has 3 aliphatic heterocycles. The zero-order valence-corrected chi connectivity index (χ0v) is 15.9. The lowest BCUT2D eigenvalue weighted by molar-refractivity contribution is -0.214. The van der Waals surface area contributed by atoms with E-state index < -0.39 is 18.2 Å². The third kappa shape index (κ3) is 4.40. The first-order valence-corrected chi connectivity index (χ1v) is 9.03. The Morgan fingerprint density at radius 3 is 2.96 bits per heavy atom. The van der Waals surface area contributed by atoms with E-state index in [1.165, 1.54) is 13.2 Å². The van der Waals surface area contributed by atoms with Crippen LogP contribution in [0.2, 0.25) is 0 Å². The van der Waals surface area contributed by atoms with E-state index in [2.05, 4.69) is 9.73 Å². The first kappa shape index (κ1) is 19.2. The van der Waals surface area contributed by atoms with Crippen molar-refractivity contribution in [3.63, 3.8) is 0 Å². The average molecular weight is 384 g/mol. The number of fused-ring (bicyclic) bond motifs is 1. The molecule has 0 N–H and O–H groups in total. The second-order valence-corrected chi connectivity index (χ2v) is 7.06. The normalized spacial score (nSPS) is 32.2. The molecule has 8 nitrogen and oxygen atoms in total. The highest BCUT2D eigenvalue weighted by Crippen LogP contribution is 2.40. The lowest BCUT2D eigenvalue weighted by Crippen LogP contribution is -2.41. The number of nitrogens with zero attached hydrogens (tertiary/aromatic N) is 2. The Kier molecular flexibility index (Phi) is 5.91. The quantitative estimate of drug-likeness (QED) is 0.400. The molecule has 3 heterocycles. The van der Waals surface area contributed by atoms with Gasteiger partial charge in [0.2, 0.25) is 0 Å². The van der Waals surface area contributed by atoms with E-state index in [1.807, 2.05) is 13.8 Å². The molecule has 3 rings (SSSR count). The van der Waals surface area contributed by atoms with E-state index in [9.17, 15) is 4.79 Å². The van der Waals surface area contributed by atoms with Gasteiger partial charge in [-0.05, 0) is 38.9 Å². The van der Waals surface area contributed by atoms with E-state index in [0.29, 0.717) is 31.1 Å². The van der Waals surface area contributed by atoms with Crippen LogP contribution >= 0.6 is 12.2 Å². The summed E-state index contributed by atoms with van der Waals surface area (Å²) in [5.74, 6) is -1.12. The molecule has 0 saturated carbocycles. The van der Waals surface area contributed by atoms with E-state index >= 15 is 0 Å². The molecule has 0 unspecified atom stereocenters. The topological polar surface area (TPSA) is 78.8 Å². The summed E-state index contributed by atoms with van der Waals surface area (Å²) < 4.78 is 28.4. The fourth-order valence-electron chi connectivity index (χ4n) is 3.13. The Bertz CT molecular complexity index is 608. The van der Waals surface area contributed by atoms with Gasteiger partial charge in [0.25, 0.3) is 5.17 Å². The largest absolute Gasteiger partial charge is 0.466 e. The number of allylic oxidation sites excluding steroid dienone is 1. The van der Waals surface area contributed by atoms with Crippen LogP contribution in [-0.4, -0.2) is 73.0 Å². The van der Waals surface area contributed by atoms with Crippen molar-refractivity contribution >= 4 is 29.7 Å². The Morgan fingerprint density at radius 2 is 2.27 bits per heavy atom. The molecular formula is C17H24N2O6S. The summed E-state index contributed by atoms with van der Waals surface area (Å²) in [5, 5.41) is 0.351. The molecule has 0 aromatic carbocycles. The molecule has 2 fully saturated rings. The predicted molar refractivity (Wildman–Crippen MR) is 96.6 cm³/mol. The fraction of sp³-hybridized carbons (Fsp3) is 0.706. The number of hydrogen-bond acceptors (Lipinski definition) is 8. The molecule has 9 heteroatoms. The monoisotopic (exact) mass is 384 g/mol. The summed E-state index contributed by atoms with van der Waals surface area (Å²) in [6.07, 6.45) is 4.56. The lowest BCUT2D eigenvalue weighted by atomic mass is 10.1. The standard InChI is InChI=1S/C17H24N2O6S/c1-17(2)24-14-13(23-16(26)19-9-8-18-10-19)11(22-15(14)25-17)6-4-5-7-12(20)21-3/h5,7,10-11,13-15H,4,6,8-9H2,1-3H3/b7-5+/t11-,13+,14-,15-/m1/s1. The fourth-order valence-corrected chi connectivity index (χ4v) is 3.38. The van der Waals surface area contributed by atoms with Gasteiger partial charge in [-0.25, -0.2) is 4.79 Å². The van der Waals surface area contributed by atoms with Gasteiger partial charge in [-0.1, -0.05) is 6.08 Å². The van der Waals surface area contributed by atoms with Crippen LogP contribution in [0.15, 0.2) is 17.1 Å². The van der Waals surface area contributed by atoms with Crippen LogP contribution < -0.4 is 0 Å². The maximum atomic E-state index is 11.2. The number of methoxy groups -OCH3 is 1. The van der Waals surface area contributed by atoms with Crippen LogP contribution in [0, 0.1) is 0 Å². The first-order valence-electron chi connectivity index (χ1n) is 8.62. The van der Waals surface area contributed by atoms with Crippen LogP contribution in [0.1, 0.15) is 26.7 Å². The third-order valence-electron chi connectivity index (χ3n) is 4.32. The molecule has 26 heavy (non-hydrogen) atoms. The Labute approximate surface area is 158 Å². The molecule has 0 radical (unpaired) electrons. The van der Waals surface area contributed by atoms with Crippen molar-refractivity contribution in [1.82, 2.24) is 4.90 Å². The average Bonchev–Trinajstić information content (AvgIpc) is 3.28. The highest BCUT2D eigenvalue weighted by Gasteiger charge is 2.56. The number of carbonyl (C=O) groups excluding carboxylic acids is 1. The smallest absolute Gasteiger partial charge is 0.330 e. The van der Waals surface area contributed by atoms with E-state index in [0.717, 1.165) is 0 Å². The minimum absolute atomic E-state index is 0.263. The zero-order valence-electron chi connectivity index (χ0n) is 15.1. The van der Waals surface area contributed by atoms with Crippen LogP contribution in [0.3, 0.4) is 0 Å². The zero-order chi connectivity index (χ0) is 18.7. The Balaban J connectivity index is 1.63. The first-order chi connectivity index (χ1) is 12.4. The van der Waals surface area contributed by atoms with Gasteiger partial charge in [0.15, 0.2) is 24.3 Å². The number of rotatable bonds is 5. The Hall–Kier alpha value is -1.55. The predicted octanol–water partition coefficient (Wildman–Crippen LogP) is 1.39. The number of esters is 1. The maximum Gasteiger partial charge on any atom is 0.330 e. The van der Waals surface area contributed by atoms with Crippen molar-refractivity contribution in [1.29, 1.82) is 0 Å². The second kappa shape index (κ2) is 7.99. The maximum absolute atomic E-state index is 11.2. The van der Waals surface area contributed by atoms with Gasteiger partial charge < -0.3 is 23.7 Å². The molecule has 144 valence electrons. The number of ether oxygens (including phenoxy) is 5. The lowest BCUT2D eigenvalue weighted by Gasteiger charge is -2.28. The molecule has 0 aliphatic carbocycles. The van der Waals surface area contributed by atoms with Gasteiger partial charge in [-0.15, -0.1) is 0 Å². The Morgan fingerprint density at radius 1 is 1.46 bits per heavy atom. The summed E-state index contributed by atoms with van der Waals surface area (Å²) in [7, 11) is 1.34. The van der Waals surface area contributed by atoms with Crippen LogP contribution in [0.25, 0.3) is 0 Å². The van der Waals surface area contributed by atoms with Crippen molar-refractivity contribution in [3.05, 3.63) is 12.2 Å². The number of thiocarbonyl (C=S) groups is 1. The number of hydrogen-bond donors (Lipinski definition) is 0. The summed E-state index contributed by atoms with van der Waals surface area (Å²) in [5.41, 5.74) is 0. The summed E-state index contributed by atoms with van der Waals surface area (Å²) in [6, 6.07) is 0. The van der Waals surface area contributed by atoms with Crippen molar-refractivity contribution < 1.29 is 28.5 Å². The van der Waals surface area contributed by atoms with Crippen LogP contribution in [0.5, 0.6) is 0 Å². The van der Waals surface area contributed by atoms with Crippen molar-refractivity contribution in [2.75, 3.05) is 20.2 Å². The molecule has 0 aromatic rings. The van der Waals surface area contributed by atoms with Crippen molar-refractivity contribution in [2.24, 2.45) is 4.99 Å². The molecule has 0 bridgehead atoms. The molecule has 3 aliphatic rings. The number of carbonyl (C=O) groups is 1. The highest BCUT2D eigenvalue weighted by molar-refractivity contribution is 7.80. The molecule has 0 amide bonds. The summed E-state index contributed by atoms with van der Waals surface area (Å²) in [6.45, 7) is 5.08. The van der Waals surface area contributed by atoms with Gasteiger partial charge in [-0.3, -0.25) is 9.89 Å².